The van der Waals surface area contributed by atoms with Crippen LogP contribution < -0.4 is 0 Å². The highest BCUT2D eigenvalue weighted by molar-refractivity contribution is 6.12. The SMILES string of the molecule is O=C1CCC2=NC3=CC=CCC3=C2C1. The van der Waals surface area contributed by atoms with Crippen molar-refractivity contribution in [3.8, 4) is 0 Å². The van der Waals surface area contributed by atoms with Crippen molar-refractivity contribution >= 4 is 11.5 Å². The van der Waals surface area contributed by atoms with Crippen LogP contribution in [0.3, 0.4) is 0 Å². The van der Waals surface area contributed by atoms with Crippen molar-refractivity contribution < 1.29 is 4.79 Å². The van der Waals surface area contributed by atoms with Gasteiger partial charge in [-0.25, -0.2) is 0 Å². The molecule has 1 fully saturated rings. The summed E-state index contributed by atoms with van der Waals surface area (Å²) in [7, 11) is 0. The van der Waals surface area contributed by atoms with E-state index in [9.17, 15) is 4.79 Å². The maximum Gasteiger partial charge on any atom is 0.137 e. The number of nitrogens with zero attached hydrogens (tertiary/aromatic N) is 1. The predicted octanol–water partition coefficient (Wildman–Crippen LogP) is 2.33. The quantitative estimate of drug-likeness (QED) is 0.569. The first-order valence-electron chi connectivity index (χ1n) is 5.03. The van der Waals surface area contributed by atoms with Crippen LogP contribution in [0.4, 0.5) is 0 Å². The van der Waals surface area contributed by atoms with Crippen molar-refractivity contribution in [3.05, 3.63) is 35.1 Å². The van der Waals surface area contributed by atoms with Gasteiger partial charge in [0.25, 0.3) is 0 Å². The van der Waals surface area contributed by atoms with Gasteiger partial charge in [0.2, 0.25) is 0 Å². The van der Waals surface area contributed by atoms with Gasteiger partial charge in [-0.3, -0.25) is 9.79 Å². The molecule has 2 heteroatoms. The monoisotopic (exact) mass is 185 g/mol. The zero-order chi connectivity index (χ0) is 9.54. The van der Waals surface area contributed by atoms with Gasteiger partial charge in [0.05, 0.1) is 5.70 Å². The molecule has 3 aliphatic rings. The Kier molecular flexibility index (Phi) is 1.57. The standard InChI is InChI=1S/C12H11NO/c14-8-5-6-12-10(7-8)9-3-1-2-4-11(9)13-12/h1-2,4H,3,5-7H2. The van der Waals surface area contributed by atoms with Crippen molar-refractivity contribution in [2.75, 3.05) is 0 Å². The molecule has 0 unspecified atom stereocenters. The lowest BCUT2D eigenvalue weighted by Gasteiger charge is -2.13. The number of allylic oxidation sites excluding steroid dienone is 5. The normalized spacial score (nSPS) is 24.4. The van der Waals surface area contributed by atoms with E-state index in [1.807, 2.05) is 12.2 Å². The summed E-state index contributed by atoms with van der Waals surface area (Å²) in [5, 5.41) is 0. The van der Waals surface area contributed by atoms with E-state index in [1.54, 1.807) is 0 Å². The van der Waals surface area contributed by atoms with Gasteiger partial charge < -0.3 is 0 Å². The lowest BCUT2D eigenvalue weighted by molar-refractivity contribution is -0.118. The van der Waals surface area contributed by atoms with E-state index in [2.05, 4.69) is 11.1 Å². The summed E-state index contributed by atoms with van der Waals surface area (Å²) in [6.07, 6.45) is 9.29. The van der Waals surface area contributed by atoms with Crippen LogP contribution in [0.15, 0.2) is 40.1 Å². The third kappa shape index (κ3) is 1.03. The highest BCUT2D eigenvalue weighted by atomic mass is 16.1. The topological polar surface area (TPSA) is 29.4 Å². The van der Waals surface area contributed by atoms with E-state index >= 15 is 0 Å². The summed E-state index contributed by atoms with van der Waals surface area (Å²) in [5.41, 5.74) is 4.76. The van der Waals surface area contributed by atoms with Crippen molar-refractivity contribution in [3.63, 3.8) is 0 Å². The van der Waals surface area contributed by atoms with E-state index in [1.165, 1.54) is 11.1 Å². The Hall–Kier alpha value is -1.44. The zero-order valence-corrected chi connectivity index (χ0v) is 7.92. The van der Waals surface area contributed by atoms with Gasteiger partial charge in [-0.15, -0.1) is 0 Å². The molecule has 2 nitrogen and oxygen atoms in total. The first-order chi connectivity index (χ1) is 6.84. The van der Waals surface area contributed by atoms with Gasteiger partial charge in [-0.1, -0.05) is 12.2 Å². The van der Waals surface area contributed by atoms with Crippen LogP contribution in [0, 0.1) is 0 Å². The Morgan fingerprint density at radius 3 is 3.07 bits per heavy atom. The fraction of sp³-hybridized carbons (Fsp3) is 0.333. The number of aliphatic imine (C=N–C) groups is 1. The minimum atomic E-state index is 0.363. The average Bonchev–Trinajstić information content (AvgIpc) is 2.56. The fourth-order valence-electron chi connectivity index (χ4n) is 2.28. The summed E-state index contributed by atoms with van der Waals surface area (Å²) in [4.78, 5) is 15.9. The minimum absolute atomic E-state index is 0.363. The van der Waals surface area contributed by atoms with E-state index in [0.717, 1.165) is 24.3 Å². The molecule has 0 saturated heterocycles. The molecule has 0 aromatic heterocycles. The number of hydrogen-bond acceptors (Lipinski definition) is 2. The van der Waals surface area contributed by atoms with E-state index in [4.69, 9.17) is 0 Å². The molecule has 0 atom stereocenters. The van der Waals surface area contributed by atoms with Crippen molar-refractivity contribution in [1.82, 2.24) is 0 Å². The molecule has 0 amide bonds. The number of Topliss-reactive ketones (excluding diaryl/α,β-unsaturated/α-hetero) is 1. The van der Waals surface area contributed by atoms with Gasteiger partial charge in [-0.2, -0.15) is 0 Å². The molecule has 3 rings (SSSR count). The Bertz CT molecular complexity index is 435. The average molecular weight is 185 g/mol. The van der Waals surface area contributed by atoms with Gasteiger partial charge in [-0.05, 0) is 30.1 Å². The first-order valence-corrected chi connectivity index (χ1v) is 5.03. The molecule has 0 N–H and O–H groups in total. The van der Waals surface area contributed by atoms with Crippen LogP contribution in [0.1, 0.15) is 25.7 Å². The molecule has 1 heterocycles. The van der Waals surface area contributed by atoms with Crippen molar-refractivity contribution in [2.45, 2.75) is 25.7 Å². The molecule has 1 saturated carbocycles. The summed E-state index contributed by atoms with van der Waals surface area (Å²) >= 11 is 0. The first kappa shape index (κ1) is 7.92. The van der Waals surface area contributed by atoms with Gasteiger partial charge in [0.1, 0.15) is 5.78 Å². The zero-order valence-electron chi connectivity index (χ0n) is 7.92. The lowest BCUT2D eigenvalue weighted by Crippen LogP contribution is -2.15. The Balaban J connectivity index is 2.09. The highest BCUT2D eigenvalue weighted by Crippen LogP contribution is 2.36. The van der Waals surface area contributed by atoms with E-state index in [-0.39, 0.29) is 0 Å². The van der Waals surface area contributed by atoms with Crippen molar-refractivity contribution in [2.24, 2.45) is 4.99 Å². The van der Waals surface area contributed by atoms with Crippen LogP contribution in [0.5, 0.6) is 0 Å². The molecule has 2 aliphatic carbocycles. The third-order valence-electron chi connectivity index (χ3n) is 3.00. The minimum Gasteiger partial charge on any atom is -0.299 e. The summed E-state index contributed by atoms with van der Waals surface area (Å²) in [6, 6.07) is 0. The second-order valence-electron chi connectivity index (χ2n) is 3.92. The van der Waals surface area contributed by atoms with Crippen LogP contribution in [0.25, 0.3) is 0 Å². The Labute approximate surface area is 82.7 Å². The van der Waals surface area contributed by atoms with Gasteiger partial charge in [0.15, 0.2) is 0 Å². The molecule has 0 aromatic rings. The third-order valence-corrected chi connectivity index (χ3v) is 3.00. The maximum atomic E-state index is 11.4. The van der Waals surface area contributed by atoms with Crippen LogP contribution in [-0.4, -0.2) is 11.5 Å². The smallest absolute Gasteiger partial charge is 0.137 e. The van der Waals surface area contributed by atoms with Crippen LogP contribution >= 0.6 is 0 Å². The molecular weight excluding hydrogens is 174 g/mol. The fourth-order valence-corrected chi connectivity index (χ4v) is 2.28. The Morgan fingerprint density at radius 2 is 2.14 bits per heavy atom. The predicted molar refractivity (Wildman–Crippen MR) is 55.2 cm³/mol. The largest absolute Gasteiger partial charge is 0.299 e. The Morgan fingerprint density at radius 1 is 1.21 bits per heavy atom. The van der Waals surface area contributed by atoms with Crippen molar-refractivity contribution in [1.29, 1.82) is 0 Å². The van der Waals surface area contributed by atoms with Crippen LogP contribution in [0.2, 0.25) is 0 Å². The molecular formula is C12H11NO. The second kappa shape index (κ2) is 2.77. The molecule has 0 radical (unpaired) electrons. The molecule has 0 aromatic carbocycles. The number of hydrogen-bond donors (Lipinski definition) is 0. The number of fused-ring (bicyclic) bond motifs is 2. The summed E-state index contributed by atoms with van der Waals surface area (Å²) in [5.74, 6) is 0.363. The highest BCUT2D eigenvalue weighted by Gasteiger charge is 2.28. The van der Waals surface area contributed by atoms with Gasteiger partial charge >= 0.3 is 0 Å². The molecule has 14 heavy (non-hydrogen) atoms. The van der Waals surface area contributed by atoms with Gasteiger partial charge in [0, 0.05) is 18.6 Å². The molecule has 0 spiro atoms. The summed E-state index contributed by atoms with van der Waals surface area (Å²) < 4.78 is 0. The number of ketones is 1. The summed E-state index contributed by atoms with van der Waals surface area (Å²) in [6.45, 7) is 0. The van der Waals surface area contributed by atoms with E-state index < -0.39 is 0 Å². The van der Waals surface area contributed by atoms with Crippen LogP contribution in [-0.2, 0) is 4.79 Å². The maximum absolute atomic E-state index is 11.4. The number of rotatable bonds is 0. The number of carbonyl (C=O) groups is 1. The van der Waals surface area contributed by atoms with E-state index in [0.29, 0.717) is 18.6 Å². The number of carbonyl (C=O) groups excluding carboxylic acids is 1. The molecule has 1 aliphatic heterocycles. The second-order valence-corrected chi connectivity index (χ2v) is 3.92. The molecule has 70 valence electrons. The molecule has 0 bridgehead atoms. The lowest BCUT2D eigenvalue weighted by atomic mass is 9.88.